The van der Waals surface area contributed by atoms with Gasteiger partial charge >= 0.3 is 0 Å². The maximum absolute atomic E-state index is 5.78. The van der Waals surface area contributed by atoms with Crippen molar-refractivity contribution < 1.29 is 0 Å². The third-order valence-electron chi connectivity index (χ3n) is 4.21. The van der Waals surface area contributed by atoms with Gasteiger partial charge in [-0.25, -0.2) is 4.98 Å². The number of anilines is 1. The maximum atomic E-state index is 5.78. The lowest BCUT2D eigenvalue weighted by Crippen LogP contribution is -2.05. The first-order chi connectivity index (χ1) is 10.9. The monoisotopic (exact) mass is 305 g/mol. The molecule has 3 heteroatoms. The van der Waals surface area contributed by atoms with Crippen LogP contribution in [0.5, 0.6) is 0 Å². The minimum absolute atomic E-state index is 0.787. The summed E-state index contributed by atoms with van der Waals surface area (Å²) in [7, 11) is 0. The normalized spacial score (nSPS) is 11.1. The van der Waals surface area contributed by atoms with Crippen molar-refractivity contribution in [1.29, 1.82) is 0 Å². The molecule has 0 aliphatic rings. The topological polar surface area (TPSA) is 43.8 Å². The molecule has 0 unspecified atom stereocenters. The van der Waals surface area contributed by atoms with Crippen LogP contribution >= 0.6 is 0 Å². The van der Waals surface area contributed by atoms with Gasteiger partial charge in [0.1, 0.15) is 5.82 Å². The molecule has 3 aromatic rings. The van der Waals surface area contributed by atoms with Gasteiger partial charge in [0, 0.05) is 18.7 Å². The number of hydrogen-bond donors (Lipinski definition) is 1. The summed E-state index contributed by atoms with van der Waals surface area (Å²) >= 11 is 0. The molecule has 0 saturated carbocycles. The molecule has 2 N–H and O–H groups in total. The average Bonchev–Trinajstić information content (AvgIpc) is 2.79. The van der Waals surface area contributed by atoms with Gasteiger partial charge in [-0.2, -0.15) is 0 Å². The van der Waals surface area contributed by atoms with Crippen molar-refractivity contribution in [3.05, 3.63) is 71.1 Å². The average molecular weight is 305 g/mol. The molecule has 1 aromatic heterocycles. The number of allylic oxidation sites excluding steroid dienone is 1. The van der Waals surface area contributed by atoms with Gasteiger partial charge in [0.2, 0.25) is 0 Å². The minimum Gasteiger partial charge on any atom is -0.399 e. The maximum Gasteiger partial charge on any atom is 0.114 e. The van der Waals surface area contributed by atoms with Crippen molar-refractivity contribution in [3.8, 4) is 0 Å². The second-order valence-corrected chi connectivity index (χ2v) is 6.41. The first-order valence-electron chi connectivity index (χ1n) is 7.89. The van der Waals surface area contributed by atoms with Crippen molar-refractivity contribution in [2.75, 3.05) is 5.73 Å². The van der Waals surface area contributed by atoms with Crippen molar-refractivity contribution in [2.45, 2.75) is 33.7 Å². The van der Waals surface area contributed by atoms with Crippen LogP contribution in [0.2, 0.25) is 0 Å². The van der Waals surface area contributed by atoms with E-state index in [4.69, 9.17) is 10.7 Å². The SMILES string of the molecule is C=C(C)Cn1c(Cc2ccc(N)cc2)nc2cc(C)c(C)cc21. The number of aryl methyl sites for hydroxylation is 2. The first-order valence-corrected chi connectivity index (χ1v) is 7.89. The summed E-state index contributed by atoms with van der Waals surface area (Å²) < 4.78 is 2.28. The lowest BCUT2D eigenvalue weighted by Gasteiger charge is -2.10. The minimum atomic E-state index is 0.787. The molecule has 0 aliphatic heterocycles. The Hall–Kier alpha value is -2.55. The number of nitrogens with two attached hydrogens (primary N) is 1. The molecule has 2 aromatic carbocycles. The predicted molar refractivity (Wildman–Crippen MR) is 97.7 cm³/mol. The van der Waals surface area contributed by atoms with Crippen LogP contribution in [0.4, 0.5) is 5.69 Å². The van der Waals surface area contributed by atoms with Crippen LogP contribution in [0.3, 0.4) is 0 Å². The molecule has 0 saturated heterocycles. The zero-order chi connectivity index (χ0) is 16.6. The van der Waals surface area contributed by atoms with Crippen LogP contribution in [-0.4, -0.2) is 9.55 Å². The van der Waals surface area contributed by atoms with Crippen molar-refractivity contribution in [2.24, 2.45) is 0 Å². The van der Waals surface area contributed by atoms with Gasteiger partial charge in [-0.05, 0) is 61.7 Å². The molecule has 0 atom stereocenters. The summed E-state index contributed by atoms with van der Waals surface area (Å²) in [6.07, 6.45) is 0.792. The van der Waals surface area contributed by atoms with E-state index < -0.39 is 0 Å². The Morgan fingerprint density at radius 1 is 1.13 bits per heavy atom. The summed E-state index contributed by atoms with van der Waals surface area (Å²) in [5.74, 6) is 1.07. The van der Waals surface area contributed by atoms with E-state index in [1.807, 2.05) is 12.1 Å². The van der Waals surface area contributed by atoms with E-state index in [2.05, 4.69) is 56.2 Å². The van der Waals surface area contributed by atoms with Crippen molar-refractivity contribution >= 4 is 16.7 Å². The molecule has 3 rings (SSSR count). The molecule has 3 nitrogen and oxygen atoms in total. The molecular weight excluding hydrogens is 282 g/mol. The summed E-state index contributed by atoms with van der Waals surface area (Å²) in [5.41, 5.74) is 13.7. The number of benzene rings is 2. The number of rotatable bonds is 4. The first kappa shape index (κ1) is 15.3. The van der Waals surface area contributed by atoms with E-state index in [1.165, 1.54) is 22.2 Å². The van der Waals surface area contributed by atoms with Crippen LogP contribution in [0.25, 0.3) is 11.0 Å². The highest BCUT2D eigenvalue weighted by molar-refractivity contribution is 5.78. The number of aromatic nitrogens is 2. The molecule has 0 radical (unpaired) electrons. The van der Waals surface area contributed by atoms with E-state index in [0.717, 1.165) is 35.6 Å². The van der Waals surface area contributed by atoms with Crippen LogP contribution in [0, 0.1) is 13.8 Å². The van der Waals surface area contributed by atoms with E-state index in [9.17, 15) is 0 Å². The highest BCUT2D eigenvalue weighted by atomic mass is 15.1. The quantitative estimate of drug-likeness (QED) is 0.573. The van der Waals surface area contributed by atoms with Crippen LogP contribution in [0.15, 0.2) is 48.6 Å². The number of fused-ring (bicyclic) bond motifs is 1. The van der Waals surface area contributed by atoms with Gasteiger partial charge in [-0.1, -0.05) is 24.3 Å². The number of hydrogen-bond acceptors (Lipinski definition) is 2. The molecule has 0 amide bonds. The summed E-state index contributed by atoms with van der Waals surface area (Å²) in [4.78, 5) is 4.88. The van der Waals surface area contributed by atoms with E-state index in [-0.39, 0.29) is 0 Å². The zero-order valence-electron chi connectivity index (χ0n) is 14.1. The fourth-order valence-electron chi connectivity index (χ4n) is 2.83. The fraction of sp³-hybridized carbons (Fsp3) is 0.250. The molecule has 23 heavy (non-hydrogen) atoms. The third-order valence-corrected chi connectivity index (χ3v) is 4.21. The zero-order valence-corrected chi connectivity index (χ0v) is 14.1. The van der Waals surface area contributed by atoms with Gasteiger partial charge in [0.15, 0.2) is 0 Å². The van der Waals surface area contributed by atoms with E-state index >= 15 is 0 Å². The van der Waals surface area contributed by atoms with Crippen LogP contribution in [-0.2, 0) is 13.0 Å². The number of nitrogens with zero attached hydrogens (tertiary/aromatic N) is 2. The lowest BCUT2D eigenvalue weighted by molar-refractivity contribution is 0.753. The Labute approximate surface area is 137 Å². The van der Waals surface area contributed by atoms with Gasteiger partial charge < -0.3 is 10.3 Å². The van der Waals surface area contributed by atoms with E-state index in [1.54, 1.807) is 0 Å². The summed E-state index contributed by atoms with van der Waals surface area (Å²) in [6, 6.07) is 12.4. The smallest absolute Gasteiger partial charge is 0.114 e. The second kappa shape index (κ2) is 5.92. The number of imidazole rings is 1. The Morgan fingerprint density at radius 2 is 1.78 bits per heavy atom. The highest BCUT2D eigenvalue weighted by Crippen LogP contribution is 2.23. The number of nitrogen functional groups attached to an aromatic ring is 1. The predicted octanol–water partition coefficient (Wildman–Crippen LogP) is 4.40. The molecule has 0 aliphatic carbocycles. The molecule has 0 spiro atoms. The van der Waals surface area contributed by atoms with Crippen LogP contribution < -0.4 is 5.73 Å². The molecule has 0 bridgehead atoms. The van der Waals surface area contributed by atoms with Gasteiger partial charge in [-0.3, -0.25) is 0 Å². The Kier molecular flexibility index (Phi) is 3.95. The Morgan fingerprint density at radius 3 is 2.43 bits per heavy atom. The molecule has 118 valence electrons. The highest BCUT2D eigenvalue weighted by Gasteiger charge is 2.12. The Balaban J connectivity index is 2.10. The third kappa shape index (κ3) is 3.14. The lowest BCUT2D eigenvalue weighted by atomic mass is 10.1. The fourth-order valence-corrected chi connectivity index (χ4v) is 2.83. The van der Waals surface area contributed by atoms with E-state index in [0.29, 0.717) is 0 Å². The molecular formula is C20H23N3. The van der Waals surface area contributed by atoms with Crippen molar-refractivity contribution in [3.63, 3.8) is 0 Å². The second-order valence-electron chi connectivity index (χ2n) is 6.41. The standard InChI is InChI=1S/C20H23N3/c1-13(2)12-23-19-10-15(4)14(3)9-18(19)22-20(23)11-16-5-7-17(21)8-6-16/h5-10H,1,11-12,21H2,2-4H3. The van der Waals surface area contributed by atoms with Crippen LogP contribution in [0.1, 0.15) is 29.4 Å². The van der Waals surface area contributed by atoms with Gasteiger partial charge in [-0.15, -0.1) is 0 Å². The van der Waals surface area contributed by atoms with Gasteiger partial charge in [0.25, 0.3) is 0 Å². The Bertz CT molecular complexity index is 870. The molecule has 1 heterocycles. The molecule has 0 fully saturated rings. The largest absolute Gasteiger partial charge is 0.399 e. The summed E-state index contributed by atoms with van der Waals surface area (Å²) in [6.45, 7) is 11.2. The van der Waals surface area contributed by atoms with Gasteiger partial charge in [0.05, 0.1) is 11.0 Å². The van der Waals surface area contributed by atoms with Crippen molar-refractivity contribution in [1.82, 2.24) is 9.55 Å². The summed E-state index contributed by atoms with van der Waals surface area (Å²) in [5, 5.41) is 0.